The number of carbonyl (C=O) groups is 2. The van der Waals surface area contributed by atoms with Crippen molar-refractivity contribution < 1.29 is 14.3 Å². The van der Waals surface area contributed by atoms with Gasteiger partial charge in [-0.15, -0.1) is 11.3 Å². The van der Waals surface area contributed by atoms with Crippen LogP contribution in [0.3, 0.4) is 0 Å². The van der Waals surface area contributed by atoms with Crippen molar-refractivity contribution >= 4 is 28.2 Å². The minimum atomic E-state index is -0.376. The van der Waals surface area contributed by atoms with E-state index in [9.17, 15) is 9.59 Å². The number of hydrogen-bond acceptors (Lipinski definition) is 6. The molecule has 25 heavy (non-hydrogen) atoms. The molecule has 0 spiro atoms. The molecule has 0 saturated heterocycles. The second-order valence-corrected chi connectivity index (χ2v) is 7.03. The zero-order valence-electron chi connectivity index (χ0n) is 14.7. The Bertz CT molecular complexity index is 796. The van der Waals surface area contributed by atoms with Gasteiger partial charge >= 0.3 is 5.97 Å². The fourth-order valence-electron chi connectivity index (χ4n) is 2.86. The molecule has 0 bridgehead atoms. The second kappa shape index (κ2) is 7.37. The van der Waals surface area contributed by atoms with Gasteiger partial charge in [0.1, 0.15) is 5.00 Å². The number of carbonyl (C=O) groups excluding carboxylic acids is 2. The van der Waals surface area contributed by atoms with E-state index in [0.29, 0.717) is 29.4 Å². The summed E-state index contributed by atoms with van der Waals surface area (Å²) in [6, 6.07) is 1.67. The van der Waals surface area contributed by atoms with Gasteiger partial charge in [-0.25, -0.2) is 4.79 Å². The van der Waals surface area contributed by atoms with Gasteiger partial charge in [-0.3, -0.25) is 9.48 Å². The van der Waals surface area contributed by atoms with Gasteiger partial charge in [-0.05, 0) is 38.9 Å². The lowest BCUT2D eigenvalue weighted by Gasteiger charge is -2.22. The van der Waals surface area contributed by atoms with E-state index in [0.717, 1.165) is 30.0 Å². The zero-order valence-corrected chi connectivity index (χ0v) is 15.5. The minimum Gasteiger partial charge on any atom is -0.462 e. The second-order valence-electron chi connectivity index (χ2n) is 5.93. The number of nitrogens with zero attached hydrogens (tertiary/aromatic N) is 3. The van der Waals surface area contributed by atoms with Gasteiger partial charge in [0.15, 0.2) is 5.69 Å². The summed E-state index contributed by atoms with van der Waals surface area (Å²) in [6.45, 7) is 6.38. The van der Waals surface area contributed by atoms with E-state index in [1.165, 1.54) is 11.3 Å². The van der Waals surface area contributed by atoms with Crippen molar-refractivity contribution in [3.05, 3.63) is 34.0 Å². The lowest BCUT2D eigenvalue weighted by atomic mass is 10.0. The number of thiophene rings is 1. The number of rotatable bonds is 5. The summed E-state index contributed by atoms with van der Waals surface area (Å²) in [6.07, 6.45) is 2.53. The van der Waals surface area contributed by atoms with Gasteiger partial charge in [-0.2, -0.15) is 5.10 Å². The highest BCUT2D eigenvalue weighted by molar-refractivity contribution is 7.17. The predicted molar refractivity (Wildman–Crippen MR) is 96.2 cm³/mol. The first-order valence-corrected chi connectivity index (χ1v) is 9.20. The molecule has 1 amide bonds. The van der Waals surface area contributed by atoms with E-state index >= 15 is 0 Å². The molecular weight excluding hydrogens is 340 g/mol. The Morgan fingerprint density at radius 2 is 2.20 bits per heavy atom. The predicted octanol–water partition coefficient (Wildman–Crippen LogP) is 2.38. The third kappa shape index (κ3) is 3.59. The summed E-state index contributed by atoms with van der Waals surface area (Å²) in [5.74, 6) is -0.691. The highest BCUT2D eigenvalue weighted by Crippen LogP contribution is 2.37. The van der Waals surface area contributed by atoms with Gasteiger partial charge in [0.05, 0.1) is 12.2 Å². The number of amides is 1. The molecule has 3 rings (SSSR count). The topological polar surface area (TPSA) is 76.5 Å². The number of hydrogen-bond donors (Lipinski definition) is 1. The smallest absolute Gasteiger partial charge is 0.341 e. The summed E-state index contributed by atoms with van der Waals surface area (Å²) in [7, 11) is 2.04. The lowest BCUT2D eigenvalue weighted by molar-refractivity contribution is 0.0526. The normalized spacial score (nSPS) is 14.2. The molecule has 0 aromatic carbocycles. The highest BCUT2D eigenvalue weighted by atomic mass is 32.1. The minimum absolute atomic E-state index is 0.303. The van der Waals surface area contributed by atoms with E-state index in [2.05, 4.69) is 15.3 Å². The number of fused-ring (bicyclic) bond motifs is 1. The molecule has 3 heterocycles. The molecule has 0 atom stereocenters. The molecule has 0 saturated carbocycles. The first kappa shape index (κ1) is 17.6. The average molecular weight is 362 g/mol. The quantitative estimate of drug-likeness (QED) is 0.827. The molecule has 2 aromatic heterocycles. The van der Waals surface area contributed by atoms with Gasteiger partial charge in [-0.1, -0.05) is 0 Å². The summed E-state index contributed by atoms with van der Waals surface area (Å²) in [4.78, 5) is 28.3. The molecule has 8 heteroatoms. The van der Waals surface area contributed by atoms with E-state index < -0.39 is 0 Å². The zero-order chi connectivity index (χ0) is 18.0. The Morgan fingerprint density at radius 1 is 1.40 bits per heavy atom. The Hall–Kier alpha value is -2.19. The molecule has 1 aliphatic rings. The summed E-state index contributed by atoms with van der Waals surface area (Å²) < 4.78 is 6.90. The lowest BCUT2D eigenvalue weighted by Crippen LogP contribution is -2.26. The molecule has 0 radical (unpaired) electrons. The number of ether oxygens (including phenoxy) is 1. The van der Waals surface area contributed by atoms with Crippen LogP contribution >= 0.6 is 11.3 Å². The van der Waals surface area contributed by atoms with E-state index in [1.807, 2.05) is 14.0 Å². The van der Waals surface area contributed by atoms with Crippen LogP contribution in [-0.4, -0.2) is 46.8 Å². The fraction of sp³-hybridized carbons (Fsp3) is 0.471. The number of aryl methyl sites for hydroxylation is 1. The van der Waals surface area contributed by atoms with E-state index in [-0.39, 0.29) is 11.9 Å². The molecular formula is C17H22N4O3S. The standard InChI is InChI=1S/C17H22N4O3S/c1-4-21-9-7-12(19-21)15(22)18-16-14(17(23)24-5-2)11-6-8-20(3)10-13(11)25-16/h7,9H,4-6,8,10H2,1-3H3,(H,18,22). The molecule has 0 aliphatic carbocycles. The fourth-order valence-corrected chi connectivity index (χ4v) is 4.18. The number of esters is 1. The molecule has 134 valence electrons. The molecule has 1 N–H and O–H groups in total. The third-order valence-corrected chi connectivity index (χ3v) is 5.28. The van der Waals surface area contributed by atoms with Crippen molar-refractivity contribution in [2.45, 2.75) is 33.4 Å². The Balaban J connectivity index is 1.91. The van der Waals surface area contributed by atoms with Crippen molar-refractivity contribution in [1.29, 1.82) is 0 Å². The number of likely N-dealkylation sites (N-methyl/N-ethyl adjacent to an activating group) is 1. The van der Waals surface area contributed by atoms with E-state index in [4.69, 9.17) is 4.74 Å². The van der Waals surface area contributed by atoms with Crippen LogP contribution in [-0.2, 0) is 24.2 Å². The maximum absolute atomic E-state index is 12.5. The molecule has 0 unspecified atom stereocenters. The monoisotopic (exact) mass is 362 g/mol. The number of nitrogens with one attached hydrogen (secondary N) is 1. The van der Waals surface area contributed by atoms with Gasteiger partial charge < -0.3 is 15.0 Å². The van der Waals surface area contributed by atoms with E-state index in [1.54, 1.807) is 23.9 Å². The molecule has 7 nitrogen and oxygen atoms in total. The number of anilines is 1. The van der Waals surface area contributed by atoms with Crippen molar-refractivity contribution in [2.75, 3.05) is 25.5 Å². The highest BCUT2D eigenvalue weighted by Gasteiger charge is 2.29. The van der Waals surface area contributed by atoms with Crippen molar-refractivity contribution in [2.24, 2.45) is 0 Å². The first-order chi connectivity index (χ1) is 12.0. The molecule has 2 aromatic rings. The van der Waals surface area contributed by atoms with Crippen molar-refractivity contribution in [3.63, 3.8) is 0 Å². The summed E-state index contributed by atoms with van der Waals surface area (Å²) in [5, 5.41) is 7.63. The summed E-state index contributed by atoms with van der Waals surface area (Å²) >= 11 is 1.45. The van der Waals surface area contributed by atoms with Crippen LogP contribution in [0.2, 0.25) is 0 Å². The van der Waals surface area contributed by atoms with Crippen LogP contribution in [0.15, 0.2) is 12.3 Å². The van der Waals surface area contributed by atoms with Crippen LogP contribution in [0, 0.1) is 0 Å². The van der Waals surface area contributed by atoms with Gasteiger partial charge in [0, 0.05) is 30.7 Å². The number of aromatic nitrogens is 2. The third-order valence-electron chi connectivity index (χ3n) is 4.15. The van der Waals surface area contributed by atoms with Crippen LogP contribution in [0.5, 0.6) is 0 Å². The maximum Gasteiger partial charge on any atom is 0.341 e. The van der Waals surface area contributed by atoms with Crippen LogP contribution in [0.4, 0.5) is 5.00 Å². The van der Waals surface area contributed by atoms with Crippen LogP contribution in [0.1, 0.15) is 45.1 Å². The van der Waals surface area contributed by atoms with Crippen molar-refractivity contribution in [1.82, 2.24) is 14.7 Å². The average Bonchev–Trinajstić information content (AvgIpc) is 3.18. The summed E-state index contributed by atoms with van der Waals surface area (Å²) in [5.41, 5.74) is 1.83. The SMILES string of the molecule is CCOC(=O)c1c(NC(=O)c2ccn(CC)n2)sc2c1CCN(C)C2. The van der Waals surface area contributed by atoms with Crippen LogP contribution < -0.4 is 5.32 Å². The first-order valence-electron chi connectivity index (χ1n) is 8.38. The van der Waals surface area contributed by atoms with Gasteiger partial charge in [0.2, 0.25) is 0 Å². The van der Waals surface area contributed by atoms with Gasteiger partial charge in [0.25, 0.3) is 5.91 Å². The Labute approximate surface area is 150 Å². The molecule has 0 fully saturated rings. The van der Waals surface area contributed by atoms with Crippen LogP contribution in [0.25, 0.3) is 0 Å². The maximum atomic E-state index is 12.5. The Kier molecular flexibility index (Phi) is 5.19. The molecule has 1 aliphatic heterocycles. The largest absolute Gasteiger partial charge is 0.462 e. The van der Waals surface area contributed by atoms with Crippen molar-refractivity contribution in [3.8, 4) is 0 Å². The Morgan fingerprint density at radius 3 is 2.88 bits per heavy atom.